The van der Waals surface area contributed by atoms with Crippen molar-refractivity contribution >= 4 is 6.03 Å². The molecule has 0 unspecified atom stereocenters. The zero-order valence-electron chi connectivity index (χ0n) is 15.7. The molecule has 0 bridgehead atoms. The van der Waals surface area contributed by atoms with Gasteiger partial charge < -0.3 is 19.3 Å². The van der Waals surface area contributed by atoms with Crippen molar-refractivity contribution in [2.45, 2.75) is 39.4 Å². The second kappa shape index (κ2) is 8.43. The van der Waals surface area contributed by atoms with Crippen molar-refractivity contribution in [1.29, 1.82) is 0 Å². The van der Waals surface area contributed by atoms with Crippen LogP contribution < -0.4 is 5.32 Å². The molecule has 0 aliphatic rings. The molecule has 0 fully saturated rings. The maximum Gasteiger partial charge on any atom is 0.318 e. The Labute approximate surface area is 157 Å². The minimum atomic E-state index is -0.331. The topological polar surface area (TPSA) is 102 Å². The van der Waals surface area contributed by atoms with Crippen molar-refractivity contribution < 1.29 is 9.32 Å². The number of hydrogen-bond acceptors (Lipinski definition) is 6. The molecular formula is C18H23N7O2. The van der Waals surface area contributed by atoms with Crippen LogP contribution in [0.1, 0.15) is 36.1 Å². The Hall–Kier alpha value is -3.23. The first-order valence-electron chi connectivity index (χ1n) is 8.76. The van der Waals surface area contributed by atoms with Crippen LogP contribution in [0.5, 0.6) is 0 Å². The molecule has 2 aromatic heterocycles. The fourth-order valence-corrected chi connectivity index (χ4v) is 2.60. The van der Waals surface area contributed by atoms with Crippen LogP contribution in [0.15, 0.2) is 41.2 Å². The Kier molecular flexibility index (Phi) is 5.80. The highest BCUT2D eigenvalue weighted by atomic mass is 16.5. The highest BCUT2D eigenvalue weighted by Gasteiger charge is 2.22. The number of carbonyl (C=O) groups is 1. The standard InChI is InChI=1S/C18H23N7O2/c1-13(17-21-14(2)23-27-17)24(3)18(26)19-11-16-22-20-12-25(16)10-9-15-7-5-4-6-8-15/h4-8,12-13H,9-11H2,1-3H3,(H,19,26)/t13-/m0/s1. The van der Waals surface area contributed by atoms with Crippen LogP contribution in [0, 0.1) is 6.92 Å². The quantitative estimate of drug-likeness (QED) is 0.684. The molecule has 3 aromatic rings. The van der Waals surface area contributed by atoms with Crippen LogP contribution in [0.3, 0.4) is 0 Å². The number of aryl methyl sites for hydroxylation is 3. The van der Waals surface area contributed by atoms with E-state index in [1.54, 1.807) is 20.3 Å². The summed E-state index contributed by atoms with van der Waals surface area (Å²) in [5, 5.41) is 14.7. The Morgan fingerprint density at radius 3 is 2.81 bits per heavy atom. The van der Waals surface area contributed by atoms with Gasteiger partial charge in [0.15, 0.2) is 11.6 Å². The van der Waals surface area contributed by atoms with Crippen molar-refractivity contribution in [3.63, 3.8) is 0 Å². The summed E-state index contributed by atoms with van der Waals surface area (Å²) in [5.41, 5.74) is 1.24. The summed E-state index contributed by atoms with van der Waals surface area (Å²) >= 11 is 0. The second-order valence-electron chi connectivity index (χ2n) is 6.30. The smallest absolute Gasteiger partial charge is 0.318 e. The minimum absolute atomic E-state index is 0.254. The first-order chi connectivity index (χ1) is 13.0. The summed E-state index contributed by atoms with van der Waals surface area (Å²) in [6.45, 7) is 4.60. The Morgan fingerprint density at radius 2 is 2.11 bits per heavy atom. The van der Waals surface area contributed by atoms with E-state index in [2.05, 4.69) is 37.8 Å². The molecule has 3 rings (SSSR count). The van der Waals surface area contributed by atoms with Gasteiger partial charge in [-0.2, -0.15) is 4.98 Å². The number of amides is 2. The van der Waals surface area contributed by atoms with Crippen molar-refractivity contribution in [1.82, 2.24) is 35.1 Å². The lowest BCUT2D eigenvalue weighted by atomic mass is 10.1. The molecule has 2 heterocycles. The molecule has 0 spiro atoms. The van der Waals surface area contributed by atoms with Gasteiger partial charge in [-0.3, -0.25) is 0 Å². The molecule has 0 saturated carbocycles. The SMILES string of the molecule is Cc1noc([C@H](C)N(C)C(=O)NCc2nncn2CCc2ccccc2)n1. The molecule has 1 aromatic carbocycles. The molecule has 0 aliphatic heterocycles. The molecule has 2 amide bonds. The van der Waals surface area contributed by atoms with Gasteiger partial charge in [-0.05, 0) is 25.8 Å². The number of nitrogens with zero attached hydrogens (tertiary/aromatic N) is 6. The number of urea groups is 1. The molecule has 1 atom stereocenters. The van der Waals surface area contributed by atoms with E-state index in [-0.39, 0.29) is 18.6 Å². The molecule has 9 heteroatoms. The summed E-state index contributed by atoms with van der Waals surface area (Å²) in [6, 6.07) is 9.62. The molecule has 1 N–H and O–H groups in total. The molecule has 0 radical (unpaired) electrons. The van der Waals surface area contributed by atoms with Crippen molar-refractivity contribution in [3.05, 3.63) is 59.8 Å². The fourth-order valence-electron chi connectivity index (χ4n) is 2.60. The van der Waals surface area contributed by atoms with Crippen LogP contribution >= 0.6 is 0 Å². The van der Waals surface area contributed by atoms with Crippen molar-refractivity contribution in [2.75, 3.05) is 7.05 Å². The number of nitrogens with one attached hydrogen (secondary N) is 1. The Balaban J connectivity index is 1.54. The number of aromatic nitrogens is 5. The molecule has 0 saturated heterocycles. The average molecular weight is 369 g/mol. The van der Waals surface area contributed by atoms with Crippen LogP contribution in [-0.2, 0) is 19.5 Å². The van der Waals surface area contributed by atoms with Gasteiger partial charge in [0.05, 0.1) is 6.54 Å². The average Bonchev–Trinajstić information content (AvgIpc) is 3.32. The fraction of sp³-hybridized carbons (Fsp3) is 0.389. The Bertz CT molecular complexity index is 875. The predicted molar refractivity (Wildman–Crippen MR) is 97.6 cm³/mol. The van der Waals surface area contributed by atoms with Gasteiger partial charge in [0.2, 0.25) is 5.89 Å². The second-order valence-corrected chi connectivity index (χ2v) is 6.30. The third-order valence-electron chi connectivity index (χ3n) is 4.38. The van der Waals surface area contributed by atoms with E-state index >= 15 is 0 Å². The van der Waals surface area contributed by atoms with Gasteiger partial charge in [-0.1, -0.05) is 35.5 Å². The monoisotopic (exact) mass is 369 g/mol. The molecule has 142 valence electrons. The van der Waals surface area contributed by atoms with E-state index in [0.29, 0.717) is 17.5 Å². The highest BCUT2D eigenvalue weighted by Crippen LogP contribution is 2.16. The van der Waals surface area contributed by atoms with Gasteiger partial charge >= 0.3 is 6.03 Å². The summed E-state index contributed by atoms with van der Waals surface area (Å²) in [6.07, 6.45) is 2.55. The summed E-state index contributed by atoms with van der Waals surface area (Å²) < 4.78 is 7.07. The molecule has 0 aliphatic carbocycles. The van der Waals surface area contributed by atoms with Crippen LogP contribution in [-0.4, -0.2) is 42.9 Å². The lowest BCUT2D eigenvalue weighted by molar-refractivity contribution is 0.180. The lowest BCUT2D eigenvalue weighted by Crippen LogP contribution is -2.39. The largest absolute Gasteiger partial charge is 0.337 e. The van der Waals surface area contributed by atoms with Gasteiger partial charge in [-0.15, -0.1) is 10.2 Å². The summed E-state index contributed by atoms with van der Waals surface area (Å²) in [4.78, 5) is 18.1. The molecule has 9 nitrogen and oxygen atoms in total. The minimum Gasteiger partial charge on any atom is -0.337 e. The first-order valence-corrected chi connectivity index (χ1v) is 8.76. The number of benzene rings is 1. The maximum atomic E-state index is 12.4. The number of rotatable bonds is 7. The van der Waals surface area contributed by atoms with E-state index in [9.17, 15) is 4.79 Å². The van der Waals surface area contributed by atoms with E-state index in [1.807, 2.05) is 29.7 Å². The Morgan fingerprint density at radius 1 is 1.33 bits per heavy atom. The summed E-state index contributed by atoms with van der Waals surface area (Å²) in [5.74, 6) is 1.64. The zero-order valence-corrected chi connectivity index (χ0v) is 15.7. The summed E-state index contributed by atoms with van der Waals surface area (Å²) in [7, 11) is 1.68. The highest BCUT2D eigenvalue weighted by molar-refractivity contribution is 5.74. The third kappa shape index (κ3) is 4.69. The number of carbonyl (C=O) groups excluding carboxylic acids is 1. The van der Waals surface area contributed by atoms with E-state index in [1.165, 1.54) is 10.5 Å². The van der Waals surface area contributed by atoms with E-state index < -0.39 is 0 Å². The lowest BCUT2D eigenvalue weighted by Gasteiger charge is -2.22. The molecule has 27 heavy (non-hydrogen) atoms. The van der Waals surface area contributed by atoms with Gasteiger partial charge in [-0.25, -0.2) is 4.79 Å². The van der Waals surface area contributed by atoms with E-state index in [4.69, 9.17) is 4.52 Å². The van der Waals surface area contributed by atoms with Gasteiger partial charge in [0.25, 0.3) is 0 Å². The maximum absolute atomic E-state index is 12.4. The zero-order chi connectivity index (χ0) is 19.2. The third-order valence-corrected chi connectivity index (χ3v) is 4.38. The van der Waals surface area contributed by atoms with Crippen LogP contribution in [0.2, 0.25) is 0 Å². The first kappa shape index (κ1) is 18.6. The van der Waals surface area contributed by atoms with Crippen LogP contribution in [0.4, 0.5) is 4.79 Å². The van der Waals surface area contributed by atoms with Crippen LogP contribution in [0.25, 0.3) is 0 Å². The molecular weight excluding hydrogens is 346 g/mol. The predicted octanol–water partition coefficient (Wildman–Crippen LogP) is 2.11. The van der Waals surface area contributed by atoms with Gasteiger partial charge in [0, 0.05) is 13.6 Å². The van der Waals surface area contributed by atoms with E-state index in [0.717, 1.165) is 13.0 Å². The normalized spacial score (nSPS) is 12.0. The van der Waals surface area contributed by atoms with Gasteiger partial charge in [0.1, 0.15) is 12.4 Å². The van der Waals surface area contributed by atoms with Crippen molar-refractivity contribution in [2.24, 2.45) is 0 Å². The van der Waals surface area contributed by atoms with Crippen molar-refractivity contribution in [3.8, 4) is 0 Å². The number of hydrogen-bond donors (Lipinski definition) is 1.